The summed E-state index contributed by atoms with van der Waals surface area (Å²) in [5.41, 5.74) is 0. The third-order valence-electron chi connectivity index (χ3n) is 4.29. The number of nitrogens with one attached hydrogen (secondary N) is 1. The van der Waals surface area contributed by atoms with E-state index in [0.717, 1.165) is 9.37 Å². The van der Waals surface area contributed by atoms with Crippen LogP contribution in [0.5, 0.6) is 0 Å². The number of rotatable bonds is 6. The van der Waals surface area contributed by atoms with Crippen molar-refractivity contribution in [2.75, 3.05) is 6.54 Å². The molecule has 0 spiro atoms. The van der Waals surface area contributed by atoms with E-state index in [1.807, 2.05) is 91.0 Å². The fourth-order valence-corrected chi connectivity index (χ4v) is 17.7. The third kappa shape index (κ3) is 4.44. The number of carbonyl (C=O) groups is 2. The monoisotopic (exact) mass is 555 g/mol. The van der Waals surface area contributed by atoms with Crippen LogP contribution in [0.3, 0.4) is 0 Å². The molecule has 0 radical (unpaired) electrons. The summed E-state index contributed by atoms with van der Waals surface area (Å²) < 4.78 is 9.48. The maximum atomic E-state index is 12.7. The van der Waals surface area contributed by atoms with Crippen LogP contribution < -0.4 is 14.7 Å². The SMILES string of the molecule is CC(=O)NCC(=O)[O][Pb]([c]1ccccc1)([c]1ccccc1)[c]1ccccc1. The summed E-state index contributed by atoms with van der Waals surface area (Å²) in [6.45, 7) is 1.25. The average Bonchev–Trinajstić information content (AvgIpc) is 2.72. The molecule has 5 heteroatoms. The number of amides is 1. The Hall–Kier alpha value is -2.48. The van der Waals surface area contributed by atoms with Crippen molar-refractivity contribution in [1.29, 1.82) is 0 Å². The van der Waals surface area contributed by atoms with Crippen LogP contribution in [0.2, 0.25) is 0 Å². The average molecular weight is 555 g/mol. The van der Waals surface area contributed by atoms with Crippen molar-refractivity contribution in [3.05, 3.63) is 91.0 Å². The molecule has 0 fully saturated rings. The van der Waals surface area contributed by atoms with Gasteiger partial charge in [-0.25, -0.2) is 0 Å². The molecule has 0 aliphatic rings. The van der Waals surface area contributed by atoms with Crippen LogP contribution in [-0.2, 0) is 12.3 Å². The molecule has 0 aromatic heterocycles. The van der Waals surface area contributed by atoms with Crippen LogP contribution in [0.15, 0.2) is 91.0 Å². The van der Waals surface area contributed by atoms with Gasteiger partial charge in [-0.15, -0.1) is 0 Å². The van der Waals surface area contributed by atoms with E-state index in [-0.39, 0.29) is 12.5 Å². The zero-order valence-electron chi connectivity index (χ0n) is 15.1. The van der Waals surface area contributed by atoms with Gasteiger partial charge in [0.15, 0.2) is 0 Å². The quantitative estimate of drug-likeness (QED) is 0.468. The fraction of sp³-hybridized carbons (Fsp3) is 0.0909. The van der Waals surface area contributed by atoms with Crippen molar-refractivity contribution in [3.8, 4) is 0 Å². The first-order chi connectivity index (χ1) is 13.1. The Morgan fingerprint density at radius 1 is 0.741 bits per heavy atom. The number of hydrogen-bond donors (Lipinski definition) is 1. The molecule has 0 aliphatic heterocycles. The maximum absolute atomic E-state index is 12.7. The Balaban J connectivity index is 2.17. The first-order valence-corrected chi connectivity index (χ1v) is 16.2. The van der Waals surface area contributed by atoms with E-state index in [2.05, 4.69) is 5.32 Å². The van der Waals surface area contributed by atoms with Crippen molar-refractivity contribution < 1.29 is 12.3 Å². The summed E-state index contributed by atoms with van der Waals surface area (Å²) in [5.74, 6) is -0.670. The van der Waals surface area contributed by atoms with Gasteiger partial charge in [-0.3, -0.25) is 0 Å². The Morgan fingerprint density at radius 3 is 1.44 bits per heavy atom. The third-order valence-corrected chi connectivity index (χ3v) is 19.7. The molecule has 0 unspecified atom stereocenters. The Kier molecular flexibility index (Phi) is 6.39. The molecule has 0 heterocycles. The van der Waals surface area contributed by atoms with E-state index in [4.69, 9.17) is 2.69 Å². The predicted octanol–water partition coefficient (Wildman–Crippen LogP) is 1.33. The summed E-state index contributed by atoms with van der Waals surface area (Å²) in [5, 5.41) is 2.54. The molecule has 4 nitrogen and oxygen atoms in total. The Morgan fingerprint density at radius 2 is 1.11 bits per heavy atom. The van der Waals surface area contributed by atoms with Crippen molar-refractivity contribution in [2.45, 2.75) is 6.92 Å². The molecular weight excluding hydrogens is 533 g/mol. The minimum atomic E-state index is -4.23. The van der Waals surface area contributed by atoms with E-state index >= 15 is 0 Å². The van der Waals surface area contributed by atoms with Crippen LogP contribution >= 0.6 is 0 Å². The summed E-state index contributed by atoms with van der Waals surface area (Å²) in [4.78, 5) is 23.9. The van der Waals surface area contributed by atoms with Crippen LogP contribution in [0.4, 0.5) is 0 Å². The molecule has 0 aliphatic carbocycles. The molecule has 0 saturated carbocycles. The van der Waals surface area contributed by atoms with Crippen molar-refractivity contribution >= 4 is 42.9 Å². The predicted molar refractivity (Wildman–Crippen MR) is 109 cm³/mol. The molecule has 0 atom stereocenters. The second kappa shape index (κ2) is 8.95. The van der Waals surface area contributed by atoms with Gasteiger partial charge in [0.1, 0.15) is 0 Å². The molecule has 27 heavy (non-hydrogen) atoms. The minimum absolute atomic E-state index is 0.135. The molecule has 3 aromatic carbocycles. The van der Waals surface area contributed by atoms with Crippen LogP contribution in [0.25, 0.3) is 0 Å². The van der Waals surface area contributed by atoms with Gasteiger partial charge in [0, 0.05) is 0 Å². The molecule has 0 saturated heterocycles. The van der Waals surface area contributed by atoms with Crippen molar-refractivity contribution in [1.82, 2.24) is 5.32 Å². The van der Waals surface area contributed by atoms with E-state index in [9.17, 15) is 9.59 Å². The zero-order chi connectivity index (χ0) is 19.1. The Bertz CT molecular complexity index is 802. The van der Waals surface area contributed by atoms with E-state index < -0.39 is 27.6 Å². The normalized spacial score (nSPS) is 10.9. The zero-order valence-corrected chi connectivity index (χ0v) is 19.0. The van der Waals surface area contributed by atoms with Gasteiger partial charge in [-0.05, 0) is 0 Å². The first-order valence-electron chi connectivity index (χ1n) is 8.76. The summed E-state index contributed by atoms with van der Waals surface area (Å²) in [7, 11) is 0. The molecule has 1 N–H and O–H groups in total. The van der Waals surface area contributed by atoms with Gasteiger partial charge in [0.25, 0.3) is 0 Å². The van der Waals surface area contributed by atoms with Gasteiger partial charge in [-0.2, -0.15) is 0 Å². The molecular formula is C22H21NO3Pb. The van der Waals surface area contributed by atoms with Crippen molar-refractivity contribution in [2.24, 2.45) is 0 Å². The number of hydrogen-bond acceptors (Lipinski definition) is 3. The second-order valence-corrected chi connectivity index (χ2v) is 19.0. The molecule has 0 bridgehead atoms. The first kappa shape index (κ1) is 19.3. The van der Waals surface area contributed by atoms with Crippen molar-refractivity contribution in [3.63, 3.8) is 0 Å². The van der Waals surface area contributed by atoms with Gasteiger partial charge in [-0.1, -0.05) is 0 Å². The van der Waals surface area contributed by atoms with Crippen LogP contribution in [0.1, 0.15) is 6.92 Å². The molecule has 3 rings (SSSR count). The second-order valence-electron chi connectivity index (χ2n) is 6.16. The van der Waals surface area contributed by atoms with Crippen LogP contribution in [-0.4, -0.2) is 40.0 Å². The van der Waals surface area contributed by atoms with Crippen LogP contribution in [0, 0.1) is 0 Å². The van der Waals surface area contributed by atoms with E-state index in [1.165, 1.54) is 6.92 Å². The van der Waals surface area contributed by atoms with E-state index in [1.54, 1.807) is 0 Å². The summed E-state index contributed by atoms with van der Waals surface area (Å²) in [6.07, 6.45) is 0. The van der Waals surface area contributed by atoms with Gasteiger partial charge in [0.2, 0.25) is 0 Å². The summed E-state index contributed by atoms with van der Waals surface area (Å²) in [6, 6.07) is 29.9. The molecule has 1 amide bonds. The standard InChI is InChI=1S/3C6H5.C4H7NO3.Pb/c3*1-2-4-6-5-3-1;1-3(6)5-2-4(7)8;/h3*1-5H;2H2,1H3,(H,5,6)(H,7,8);/q;;;;+1/p-1. The van der Waals surface area contributed by atoms with Gasteiger partial charge < -0.3 is 0 Å². The van der Waals surface area contributed by atoms with E-state index in [0.29, 0.717) is 0 Å². The fourth-order valence-electron chi connectivity index (χ4n) is 3.10. The number of carbonyl (C=O) groups excluding carboxylic acids is 2. The Labute approximate surface area is 164 Å². The number of benzene rings is 3. The van der Waals surface area contributed by atoms with Gasteiger partial charge in [0.05, 0.1) is 0 Å². The topological polar surface area (TPSA) is 55.4 Å². The van der Waals surface area contributed by atoms with Gasteiger partial charge >= 0.3 is 165 Å². The molecule has 136 valence electrons. The summed E-state index contributed by atoms with van der Waals surface area (Å²) >= 11 is -4.23. The molecule has 3 aromatic rings.